The number of urea groups is 1. The molecule has 1 heterocycles. The van der Waals surface area contributed by atoms with Crippen LogP contribution in [0.15, 0.2) is 10.4 Å². The fraction of sp³-hybridized carbons (Fsp3) is 0.783. The topological polar surface area (TPSA) is 91.8 Å². The van der Waals surface area contributed by atoms with Crippen LogP contribution in [0.5, 0.6) is 0 Å². The number of hydrogen-bond acceptors (Lipinski definition) is 6. The lowest BCUT2D eigenvalue weighted by Gasteiger charge is -2.51. The van der Waals surface area contributed by atoms with Gasteiger partial charge in [-0.2, -0.15) is 0 Å². The van der Waals surface area contributed by atoms with Crippen LogP contribution in [-0.4, -0.2) is 58.0 Å². The highest BCUT2D eigenvalue weighted by molar-refractivity contribution is 8.01. The van der Waals surface area contributed by atoms with Gasteiger partial charge in [0, 0.05) is 13.2 Å². The number of carboxylic acid groups (broad SMARTS) is 1. The summed E-state index contributed by atoms with van der Waals surface area (Å²) in [6, 6.07) is 0.153. The van der Waals surface area contributed by atoms with Gasteiger partial charge < -0.3 is 14.7 Å². The fourth-order valence-electron chi connectivity index (χ4n) is 5.72. The Balaban J connectivity index is 1.51. The molecule has 3 fully saturated rings. The number of carbonyl (C=O) groups is 2. The summed E-state index contributed by atoms with van der Waals surface area (Å²) < 4.78 is 6.53. The Hall–Kier alpha value is -1.32. The number of nitrogens with one attached hydrogen (secondary N) is 1. The summed E-state index contributed by atoms with van der Waals surface area (Å²) in [5, 5.41) is 12.5. The smallest absolute Gasteiger partial charge is 0.324 e. The Labute approximate surface area is 198 Å². The predicted octanol–water partition coefficient (Wildman–Crippen LogP) is 5.47. The number of aromatic nitrogens is 1. The molecule has 0 aromatic carbocycles. The Kier molecular flexibility index (Phi) is 8.00. The normalized spacial score (nSPS) is 26.6. The Bertz CT molecular complexity index is 784. The van der Waals surface area contributed by atoms with Crippen LogP contribution in [0.1, 0.15) is 70.6 Å². The number of amides is 2. The molecule has 3 aliphatic rings. The van der Waals surface area contributed by atoms with E-state index >= 15 is 0 Å². The number of carboxylic acids is 1. The van der Waals surface area contributed by atoms with Gasteiger partial charge in [0.1, 0.15) is 0 Å². The molecule has 1 aromatic heterocycles. The number of thioether (sulfide) groups is 1. The lowest BCUT2D eigenvalue weighted by atomic mass is 9.73. The van der Waals surface area contributed by atoms with E-state index in [0.717, 1.165) is 54.6 Å². The molecule has 1 aromatic rings. The molecule has 0 unspecified atom stereocenters. The van der Waals surface area contributed by atoms with Crippen molar-refractivity contribution in [2.45, 2.75) is 86.4 Å². The third kappa shape index (κ3) is 5.78. The third-order valence-electron chi connectivity index (χ3n) is 7.37. The summed E-state index contributed by atoms with van der Waals surface area (Å²) in [7, 11) is 1.75. The van der Waals surface area contributed by atoms with Crippen molar-refractivity contribution in [2.24, 2.45) is 11.8 Å². The third-order valence-corrected chi connectivity index (χ3v) is 9.46. The maximum Gasteiger partial charge on any atom is 0.324 e. The summed E-state index contributed by atoms with van der Waals surface area (Å²) in [6.45, 7) is 0.575. The largest absolute Gasteiger partial charge is 0.481 e. The van der Waals surface area contributed by atoms with Gasteiger partial charge in [-0.1, -0.05) is 30.6 Å². The van der Waals surface area contributed by atoms with E-state index in [1.54, 1.807) is 13.3 Å². The van der Waals surface area contributed by atoms with Gasteiger partial charge in [-0.05, 0) is 63.2 Å². The Morgan fingerprint density at radius 2 is 1.88 bits per heavy atom. The van der Waals surface area contributed by atoms with Crippen LogP contribution in [-0.2, 0) is 9.53 Å². The van der Waals surface area contributed by atoms with Crippen molar-refractivity contribution in [1.29, 1.82) is 0 Å². The maximum absolute atomic E-state index is 13.7. The van der Waals surface area contributed by atoms with E-state index in [0.29, 0.717) is 11.7 Å². The molecule has 0 atom stereocenters. The number of carbonyl (C=O) groups excluding carboxylic acids is 1. The fourth-order valence-corrected chi connectivity index (χ4v) is 7.30. The highest BCUT2D eigenvalue weighted by Gasteiger charge is 2.48. The number of aliphatic carboxylic acids is 1. The first-order valence-corrected chi connectivity index (χ1v) is 13.7. The van der Waals surface area contributed by atoms with E-state index in [4.69, 9.17) is 9.84 Å². The molecule has 9 heteroatoms. The standard InChI is InChI=1S/C23H35N3O4S2/c1-30-15-23(11-9-17(10-12-23)16-7-8-16)26(18-5-3-2-4-6-18)22(29)25-21-24-13-20(32-21)31-14-19(27)28/h13,16-18H,2-12,14-15H2,1H3,(H,27,28)(H,24,25,29)/t17-,23-. The molecule has 4 rings (SSSR count). The molecule has 3 aliphatic carbocycles. The second-order valence-electron chi connectivity index (χ2n) is 9.59. The van der Waals surface area contributed by atoms with Crippen LogP contribution < -0.4 is 5.32 Å². The number of ether oxygens (including phenoxy) is 1. The first-order valence-electron chi connectivity index (χ1n) is 11.9. The molecule has 7 nitrogen and oxygen atoms in total. The molecule has 32 heavy (non-hydrogen) atoms. The monoisotopic (exact) mass is 481 g/mol. The van der Waals surface area contributed by atoms with Crippen LogP contribution >= 0.6 is 23.1 Å². The lowest BCUT2D eigenvalue weighted by Crippen LogP contribution is -2.61. The molecule has 3 saturated carbocycles. The van der Waals surface area contributed by atoms with Crippen molar-refractivity contribution in [3.63, 3.8) is 0 Å². The molecule has 0 radical (unpaired) electrons. The second kappa shape index (κ2) is 10.7. The van der Waals surface area contributed by atoms with Gasteiger partial charge >= 0.3 is 12.0 Å². The molecule has 178 valence electrons. The minimum Gasteiger partial charge on any atom is -0.481 e. The molecule has 2 N–H and O–H groups in total. The zero-order chi connectivity index (χ0) is 22.6. The van der Waals surface area contributed by atoms with E-state index < -0.39 is 5.97 Å². The maximum atomic E-state index is 13.7. The van der Waals surface area contributed by atoms with Gasteiger partial charge in [0.15, 0.2) is 5.13 Å². The average Bonchev–Trinajstić information content (AvgIpc) is 3.53. The number of methoxy groups -OCH3 is 1. The zero-order valence-electron chi connectivity index (χ0n) is 18.9. The Morgan fingerprint density at radius 3 is 2.50 bits per heavy atom. The van der Waals surface area contributed by atoms with Crippen LogP contribution in [0.2, 0.25) is 0 Å². The van der Waals surface area contributed by atoms with E-state index in [9.17, 15) is 9.59 Å². The molecular weight excluding hydrogens is 446 g/mol. The molecule has 0 bridgehead atoms. The van der Waals surface area contributed by atoms with Crippen LogP contribution in [0, 0.1) is 11.8 Å². The number of nitrogens with zero attached hydrogens (tertiary/aromatic N) is 2. The van der Waals surface area contributed by atoms with Gasteiger partial charge in [0.2, 0.25) is 0 Å². The zero-order valence-corrected chi connectivity index (χ0v) is 20.5. The van der Waals surface area contributed by atoms with Gasteiger partial charge in [-0.3, -0.25) is 10.1 Å². The van der Waals surface area contributed by atoms with E-state index in [2.05, 4.69) is 15.2 Å². The van der Waals surface area contributed by atoms with Gasteiger partial charge in [-0.25, -0.2) is 9.78 Å². The first kappa shape index (κ1) is 23.8. The highest BCUT2D eigenvalue weighted by atomic mass is 32.2. The van der Waals surface area contributed by atoms with E-state index in [1.807, 2.05) is 0 Å². The van der Waals surface area contributed by atoms with Gasteiger partial charge in [0.05, 0.1) is 28.3 Å². The number of rotatable bonds is 9. The first-order chi connectivity index (χ1) is 15.5. The quantitative estimate of drug-likeness (QED) is 0.454. The van der Waals surface area contributed by atoms with E-state index in [1.165, 1.54) is 55.2 Å². The molecule has 0 aliphatic heterocycles. The van der Waals surface area contributed by atoms with Crippen molar-refractivity contribution in [2.75, 3.05) is 24.8 Å². The number of thiazole rings is 1. The van der Waals surface area contributed by atoms with Gasteiger partial charge in [0.25, 0.3) is 0 Å². The Morgan fingerprint density at radius 1 is 1.19 bits per heavy atom. The highest BCUT2D eigenvalue weighted by Crippen LogP contribution is 2.48. The molecule has 0 saturated heterocycles. The molecule has 2 amide bonds. The molecular formula is C23H35N3O4S2. The van der Waals surface area contributed by atoms with Crippen molar-refractivity contribution < 1.29 is 19.4 Å². The summed E-state index contributed by atoms with van der Waals surface area (Å²) in [4.78, 5) is 31.0. The number of anilines is 1. The minimum absolute atomic E-state index is 0.0110. The van der Waals surface area contributed by atoms with Crippen LogP contribution in [0.25, 0.3) is 0 Å². The number of hydrogen-bond donors (Lipinski definition) is 2. The van der Waals surface area contributed by atoms with Crippen molar-refractivity contribution >= 4 is 40.2 Å². The van der Waals surface area contributed by atoms with E-state index in [-0.39, 0.29) is 23.4 Å². The summed E-state index contributed by atoms with van der Waals surface area (Å²) in [5.41, 5.74) is -0.260. The van der Waals surface area contributed by atoms with Crippen molar-refractivity contribution in [1.82, 2.24) is 9.88 Å². The van der Waals surface area contributed by atoms with Crippen LogP contribution in [0.3, 0.4) is 0 Å². The average molecular weight is 482 g/mol. The summed E-state index contributed by atoms with van der Waals surface area (Å²) >= 11 is 2.57. The van der Waals surface area contributed by atoms with Crippen molar-refractivity contribution in [3.8, 4) is 0 Å². The van der Waals surface area contributed by atoms with Crippen LogP contribution in [0.4, 0.5) is 9.93 Å². The molecule has 0 spiro atoms. The predicted molar refractivity (Wildman–Crippen MR) is 127 cm³/mol. The second-order valence-corrected chi connectivity index (χ2v) is 11.9. The minimum atomic E-state index is -0.860. The summed E-state index contributed by atoms with van der Waals surface area (Å²) in [5.74, 6) is 0.845. The summed E-state index contributed by atoms with van der Waals surface area (Å²) in [6.07, 6.45) is 14.4. The lowest BCUT2D eigenvalue weighted by molar-refractivity contribution is -0.133. The van der Waals surface area contributed by atoms with Crippen molar-refractivity contribution in [3.05, 3.63) is 6.20 Å². The van der Waals surface area contributed by atoms with Gasteiger partial charge in [-0.15, -0.1) is 11.8 Å². The SMILES string of the molecule is COC[C@]1(N(C(=O)Nc2ncc(SCC(=O)O)s2)C2CCCCC2)CC[C@H](C2CC2)CC1.